The lowest BCUT2D eigenvalue weighted by atomic mass is 9.62. The van der Waals surface area contributed by atoms with Crippen molar-refractivity contribution in [2.45, 2.75) is 62.3 Å². The van der Waals surface area contributed by atoms with Crippen LogP contribution in [0.25, 0.3) is 22.0 Å². The number of nitrogens with one attached hydrogen (secondary N) is 2. The van der Waals surface area contributed by atoms with E-state index in [0.29, 0.717) is 54.4 Å². The number of rotatable bonds is 10. The molecule has 2 saturated carbocycles. The SMILES string of the molecule is CO[C@H]1C[C@]2(C1)C(=O)N(C)c1cnc3cc(F)c(-c4cnc(OCCNC(C)C)c(NS(=O)(=O)C5CC5)c4)cc3c12. The van der Waals surface area contributed by atoms with E-state index in [2.05, 4.69) is 20.0 Å². The molecular weight excluding hydrogens is 549 g/mol. The number of sulfonamides is 1. The van der Waals surface area contributed by atoms with Crippen molar-refractivity contribution in [1.29, 1.82) is 0 Å². The number of benzene rings is 1. The highest BCUT2D eigenvalue weighted by atomic mass is 32.2. The Morgan fingerprint density at radius 1 is 1.17 bits per heavy atom. The quantitative estimate of drug-likeness (QED) is 0.346. The molecule has 0 saturated heterocycles. The molecule has 1 spiro atoms. The van der Waals surface area contributed by atoms with Crippen molar-refractivity contribution in [3.8, 4) is 17.0 Å². The van der Waals surface area contributed by atoms with E-state index in [4.69, 9.17) is 9.47 Å². The number of carbonyl (C=O) groups excluding carboxylic acids is 1. The molecule has 0 atom stereocenters. The molecule has 2 aliphatic carbocycles. The van der Waals surface area contributed by atoms with Crippen LogP contribution in [0, 0.1) is 5.82 Å². The second kappa shape index (κ2) is 10.2. The highest BCUT2D eigenvalue weighted by molar-refractivity contribution is 7.93. The van der Waals surface area contributed by atoms with Gasteiger partial charge >= 0.3 is 0 Å². The summed E-state index contributed by atoms with van der Waals surface area (Å²) in [7, 11) is -0.271. The van der Waals surface area contributed by atoms with E-state index < -0.39 is 26.5 Å². The number of amides is 1. The molecular formula is C29H34FN5O5S. The van der Waals surface area contributed by atoms with Crippen molar-refractivity contribution in [3.63, 3.8) is 0 Å². The van der Waals surface area contributed by atoms with Crippen LogP contribution < -0.4 is 19.7 Å². The highest BCUT2D eigenvalue weighted by Gasteiger charge is 2.58. The predicted octanol–water partition coefficient (Wildman–Crippen LogP) is 3.74. The molecule has 218 valence electrons. The molecule has 3 aromatic rings. The fourth-order valence-corrected chi connectivity index (χ4v) is 7.26. The van der Waals surface area contributed by atoms with Crippen LogP contribution in [0.5, 0.6) is 5.88 Å². The average Bonchev–Trinajstić information content (AvgIpc) is 3.74. The molecule has 41 heavy (non-hydrogen) atoms. The van der Waals surface area contributed by atoms with Crippen LogP contribution in [0.3, 0.4) is 0 Å². The standard InChI is InChI=1S/C29H34FN5O5S/c1-16(2)31-7-8-40-27-24(34-41(37,38)19-5-6-19)9-17(14-33-27)20-10-21-23(11-22(20)30)32-15-25-26(21)29(28(36)35(25)3)12-18(13-29)39-4/h9-11,14-16,18-19,31,34H,5-8,12-13H2,1-4H3/t18-,29+. The van der Waals surface area contributed by atoms with Crippen molar-refractivity contribution < 1.29 is 27.1 Å². The molecule has 10 nitrogen and oxygen atoms in total. The van der Waals surface area contributed by atoms with Crippen LogP contribution in [0.1, 0.15) is 45.1 Å². The smallest absolute Gasteiger partial charge is 0.238 e. The van der Waals surface area contributed by atoms with Gasteiger partial charge < -0.3 is 19.7 Å². The van der Waals surface area contributed by atoms with E-state index in [1.54, 1.807) is 37.4 Å². The molecule has 12 heteroatoms. The van der Waals surface area contributed by atoms with Gasteiger partial charge in [-0.2, -0.15) is 0 Å². The maximum atomic E-state index is 15.6. The second-order valence-corrected chi connectivity index (χ2v) is 13.4. The molecule has 6 rings (SSSR count). The number of nitrogens with zero attached hydrogens (tertiary/aromatic N) is 3. The van der Waals surface area contributed by atoms with Gasteiger partial charge in [0, 0.05) is 61.1 Å². The van der Waals surface area contributed by atoms with E-state index in [0.717, 1.165) is 5.56 Å². The van der Waals surface area contributed by atoms with Crippen molar-refractivity contribution in [3.05, 3.63) is 42.0 Å². The largest absolute Gasteiger partial charge is 0.475 e. The number of ether oxygens (including phenoxy) is 2. The van der Waals surface area contributed by atoms with Gasteiger partial charge in [0.05, 0.1) is 34.2 Å². The Bertz CT molecular complexity index is 1640. The Hall–Kier alpha value is -3.35. The van der Waals surface area contributed by atoms with Gasteiger partial charge in [0.2, 0.25) is 21.8 Å². The van der Waals surface area contributed by atoms with Gasteiger partial charge in [-0.25, -0.2) is 17.8 Å². The number of hydrogen-bond acceptors (Lipinski definition) is 8. The van der Waals surface area contributed by atoms with Crippen LogP contribution in [-0.4, -0.2) is 69.0 Å². The van der Waals surface area contributed by atoms with E-state index in [1.807, 2.05) is 13.8 Å². The summed E-state index contributed by atoms with van der Waals surface area (Å²) in [6, 6.07) is 4.86. The number of likely N-dealkylation sites (N-methyl/N-ethyl adjacent to an activating group) is 1. The number of pyridine rings is 2. The second-order valence-electron chi connectivity index (χ2n) is 11.5. The Kier molecular flexibility index (Phi) is 6.90. The number of hydrogen-bond donors (Lipinski definition) is 2. The molecule has 1 aliphatic heterocycles. The topological polar surface area (TPSA) is 123 Å². The van der Waals surface area contributed by atoms with E-state index in [1.165, 1.54) is 12.3 Å². The number of anilines is 2. The maximum absolute atomic E-state index is 15.6. The van der Waals surface area contributed by atoms with E-state index >= 15 is 4.39 Å². The predicted molar refractivity (Wildman–Crippen MR) is 154 cm³/mol. The number of fused-ring (bicyclic) bond motifs is 4. The van der Waals surface area contributed by atoms with E-state index in [9.17, 15) is 13.2 Å². The lowest BCUT2D eigenvalue weighted by molar-refractivity contribution is -0.131. The van der Waals surface area contributed by atoms with Gasteiger partial charge in [-0.05, 0) is 37.8 Å². The van der Waals surface area contributed by atoms with Crippen LogP contribution in [-0.2, 0) is 25.0 Å². The fraction of sp³-hybridized carbons (Fsp3) is 0.483. The first-order valence-electron chi connectivity index (χ1n) is 13.9. The maximum Gasteiger partial charge on any atom is 0.238 e. The van der Waals surface area contributed by atoms with Gasteiger partial charge in [0.15, 0.2) is 0 Å². The summed E-state index contributed by atoms with van der Waals surface area (Å²) in [6.07, 6.45) is 5.32. The van der Waals surface area contributed by atoms with Crippen LogP contribution in [0.4, 0.5) is 15.8 Å². The monoisotopic (exact) mass is 583 g/mol. The lowest BCUT2D eigenvalue weighted by Gasteiger charge is -2.43. The summed E-state index contributed by atoms with van der Waals surface area (Å²) in [6.45, 7) is 4.85. The van der Waals surface area contributed by atoms with E-state index in [-0.39, 0.29) is 41.8 Å². The summed E-state index contributed by atoms with van der Waals surface area (Å²) in [5, 5.41) is 3.45. The molecule has 3 aliphatic rings. The molecule has 2 N–H and O–H groups in total. The molecule has 0 radical (unpaired) electrons. The summed E-state index contributed by atoms with van der Waals surface area (Å²) in [5.41, 5.74) is 1.97. The molecule has 0 unspecified atom stereocenters. The molecule has 2 fully saturated rings. The minimum atomic E-state index is -3.63. The van der Waals surface area contributed by atoms with Gasteiger partial charge in [-0.1, -0.05) is 13.8 Å². The number of halogens is 1. The molecule has 1 aromatic carbocycles. The van der Waals surface area contributed by atoms with Gasteiger partial charge in [-0.3, -0.25) is 14.5 Å². The summed E-state index contributed by atoms with van der Waals surface area (Å²) >= 11 is 0. The summed E-state index contributed by atoms with van der Waals surface area (Å²) in [4.78, 5) is 23.9. The zero-order valence-electron chi connectivity index (χ0n) is 23.5. The Morgan fingerprint density at radius 3 is 2.61 bits per heavy atom. The van der Waals surface area contributed by atoms with Crippen LogP contribution >= 0.6 is 0 Å². The summed E-state index contributed by atoms with van der Waals surface area (Å²) in [5.74, 6) is -0.431. The zero-order valence-corrected chi connectivity index (χ0v) is 24.3. The first-order valence-corrected chi connectivity index (χ1v) is 15.4. The summed E-state index contributed by atoms with van der Waals surface area (Å²) < 4.78 is 55.2. The van der Waals surface area contributed by atoms with Crippen LogP contribution in [0.15, 0.2) is 30.6 Å². The van der Waals surface area contributed by atoms with Crippen molar-refractivity contribution in [2.75, 3.05) is 36.9 Å². The van der Waals surface area contributed by atoms with Crippen molar-refractivity contribution >= 4 is 38.2 Å². The first-order chi connectivity index (χ1) is 19.5. The van der Waals surface area contributed by atoms with Crippen molar-refractivity contribution in [2.24, 2.45) is 0 Å². The van der Waals surface area contributed by atoms with Crippen LogP contribution in [0.2, 0.25) is 0 Å². The molecule has 1 amide bonds. The van der Waals surface area contributed by atoms with Gasteiger partial charge in [-0.15, -0.1) is 0 Å². The third-order valence-corrected chi connectivity index (χ3v) is 10.1. The number of aromatic nitrogens is 2. The first kappa shape index (κ1) is 27.8. The Balaban J connectivity index is 1.42. The van der Waals surface area contributed by atoms with Gasteiger partial charge in [0.25, 0.3) is 0 Å². The molecule has 0 bridgehead atoms. The fourth-order valence-electron chi connectivity index (χ4n) is 5.88. The minimum Gasteiger partial charge on any atom is -0.475 e. The Labute approximate surface area is 238 Å². The molecule has 2 aromatic heterocycles. The average molecular weight is 584 g/mol. The zero-order chi connectivity index (χ0) is 29.1. The number of carbonyl (C=O) groups is 1. The van der Waals surface area contributed by atoms with Gasteiger partial charge in [0.1, 0.15) is 18.1 Å². The third-order valence-electron chi connectivity index (χ3n) is 8.25. The normalized spacial score (nSPS) is 22.0. The third kappa shape index (κ3) is 4.81. The Morgan fingerprint density at radius 2 is 1.93 bits per heavy atom. The highest BCUT2D eigenvalue weighted by Crippen LogP contribution is 2.56. The molecule has 3 heterocycles. The van der Waals surface area contributed by atoms with Crippen molar-refractivity contribution in [1.82, 2.24) is 15.3 Å². The number of methoxy groups -OCH3 is 1. The minimum absolute atomic E-state index is 0.0205. The lowest BCUT2D eigenvalue weighted by Crippen LogP contribution is -2.51.